The minimum Gasteiger partial charge on any atom is -0.481 e. The van der Waals surface area contributed by atoms with Crippen molar-refractivity contribution in [1.29, 1.82) is 0 Å². The van der Waals surface area contributed by atoms with Crippen LogP contribution in [0.3, 0.4) is 0 Å². The number of carbonyl (C=O) groups is 6. The standard InChI is InChI=1S/C26H38N8O7/c1-14(2)21-25(41)34(3)18(8-5-9-29-26(27)28)24(40)31-13-19(35)32-17(11-20(36)37)23(39)30-12-15-6-4-7-16(10-15)22(38)33-21/h4,6-7,10,14,17-18,21H,5,8-9,11-13H2,1-3H3,(H,30,39)(H,31,40)(H,32,35)(H,33,38)(H,36,37)(H4,27,28,29)/t17-,18-,21-/m0/s1. The highest BCUT2D eigenvalue weighted by atomic mass is 16.4. The number of benzene rings is 1. The van der Waals surface area contributed by atoms with E-state index in [0.29, 0.717) is 12.0 Å². The quantitative estimate of drug-likeness (QED) is 0.108. The molecule has 2 rings (SSSR count). The topological polar surface area (TPSA) is 238 Å². The van der Waals surface area contributed by atoms with Gasteiger partial charge in [-0.3, -0.25) is 33.8 Å². The Balaban J connectivity index is 2.45. The average Bonchev–Trinajstić information content (AvgIpc) is 2.91. The van der Waals surface area contributed by atoms with Gasteiger partial charge in [-0.15, -0.1) is 0 Å². The van der Waals surface area contributed by atoms with Crippen molar-refractivity contribution in [1.82, 2.24) is 26.2 Å². The number of carboxylic acids is 1. The molecule has 224 valence electrons. The molecule has 1 aliphatic heterocycles. The molecular formula is C26H38N8O7. The van der Waals surface area contributed by atoms with E-state index in [1.54, 1.807) is 26.0 Å². The van der Waals surface area contributed by atoms with E-state index in [0.717, 1.165) is 0 Å². The van der Waals surface area contributed by atoms with Crippen LogP contribution in [0.5, 0.6) is 0 Å². The minimum absolute atomic E-state index is 0.0561. The van der Waals surface area contributed by atoms with E-state index in [9.17, 15) is 33.9 Å². The molecule has 1 aromatic rings. The SMILES string of the molecule is CC(C)[C@@H]1NC(=O)c2cccc(c2)CNC(=O)[C@H](CC(=O)O)NC(=O)CNC(=O)[C@H](CCCN=C(N)N)N(C)C1=O. The van der Waals surface area contributed by atoms with E-state index in [4.69, 9.17) is 11.5 Å². The van der Waals surface area contributed by atoms with Crippen molar-refractivity contribution in [3.05, 3.63) is 35.4 Å². The number of nitrogens with zero attached hydrogens (tertiary/aromatic N) is 2. The third-order valence-corrected chi connectivity index (χ3v) is 6.38. The number of carboxylic acid groups (broad SMARTS) is 1. The van der Waals surface area contributed by atoms with Crippen LogP contribution in [0.2, 0.25) is 0 Å². The van der Waals surface area contributed by atoms with Gasteiger partial charge in [0, 0.05) is 25.7 Å². The molecule has 5 amide bonds. The molecule has 0 fully saturated rings. The second kappa shape index (κ2) is 15.2. The molecule has 0 aliphatic carbocycles. The van der Waals surface area contributed by atoms with Crippen LogP contribution in [-0.2, 0) is 30.5 Å². The van der Waals surface area contributed by atoms with E-state index < -0.39 is 66.6 Å². The molecule has 41 heavy (non-hydrogen) atoms. The molecule has 15 heteroatoms. The van der Waals surface area contributed by atoms with Crippen LogP contribution in [0.15, 0.2) is 29.3 Å². The zero-order valence-corrected chi connectivity index (χ0v) is 23.3. The Morgan fingerprint density at radius 2 is 1.76 bits per heavy atom. The summed E-state index contributed by atoms with van der Waals surface area (Å²) >= 11 is 0. The van der Waals surface area contributed by atoms with Gasteiger partial charge in [0.05, 0.1) is 13.0 Å². The highest BCUT2D eigenvalue weighted by Gasteiger charge is 2.34. The smallest absolute Gasteiger partial charge is 0.305 e. The number of carbonyl (C=O) groups excluding carboxylic acids is 5. The molecule has 0 aromatic heterocycles. The Morgan fingerprint density at radius 1 is 1.07 bits per heavy atom. The number of hydrogen-bond acceptors (Lipinski definition) is 7. The number of guanidine groups is 1. The summed E-state index contributed by atoms with van der Waals surface area (Å²) in [5.74, 6) is -5.10. The summed E-state index contributed by atoms with van der Waals surface area (Å²) in [7, 11) is 1.42. The van der Waals surface area contributed by atoms with Crippen molar-refractivity contribution >= 4 is 41.5 Å². The van der Waals surface area contributed by atoms with E-state index in [1.807, 2.05) is 0 Å². The summed E-state index contributed by atoms with van der Waals surface area (Å²) in [6.45, 7) is 3.04. The molecule has 0 saturated heterocycles. The molecule has 1 heterocycles. The highest BCUT2D eigenvalue weighted by Crippen LogP contribution is 2.14. The van der Waals surface area contributed by atoms with Gasteiger partial charge in [0.25, 0.3) is 5.91 Å². The number of nitrogens with one attached hydrogen (secondary N) is 4. The van der Waals surface area contributed by atoms with Gasteiger partial charge in [0.2, 0.25) is 23.6 Å². The lowest BCUT2D eigenvalue weighted by Gasteiger charge is -2.32. The molecule has 0 spiro atoms. The van der Waals surface area contributed by atoms with Crippen molar-refractivity contribution in [3.8, 4) is 0 Å². The number of nitrogens with two attached hydrogens (primary N) is 2. The van der Waals surface area contributed by atoms with Crippen molar-refractivity contribution in [3.63, 3.8) is 0 Å². The number of rotatable bonds is 7. The number of amides is 5. The van der Waals surface area contributed by atoms with E-state index >= 15 is 0 Å². The third-order valence-electron chi connectivity index (χ3n) is 6.38. The largest absolute Gasteiger partial charge is 0.481 e. The molecule has 0 radical (unpaired) electrons. The van der Waals surface area contributed by atoms with Crippen molar-refractivity contribution in [2.24, 2.45) is 22.4 Å². The Kier molecular flexibility index (Phi) is 12.0. The fourth-order valence-electron chi connectivity index (χ4n) is 4.15. The molecule has 9 N–H and O–H groups in total. The normalized spacial score (nSPS) is 21.1. The Bertz CT molecular complexity index is 1180. The fraction of sp³-hybridized carbons (Fsp3) is 0.500. The van der Waals surface area contributed by atoms with Crippen LogP contribution in [0.4, 0.5) is 0 Å². The van der Waals surface area contributed by atoms with Crippen LogP contribution >= 0.6 is 0 Å². The Morgan fingerprint density at radius 3 is 2.39 bits per heavy atom. The summed E-state index contributed by atoms with van der Waals surface area (Å²) in [5, 5.41) is 19.3. The first-order valence-corrected chi connectivity index (χ1v) is 13.1. The van der Waals surface area contributed by atoms with Gasteiger partial charge >= 0.3 is 5.97 Å². The van der Waals surface area contributed by atoms with Crippen LogP contribution in [0.25, 0.3) is 0 Å². The molecule has 1 aliphatic rings. The third kappa shape index (κ3) is 10.1. The highest BCUT2D eigenvalue weighted by molar-refractivity contribution is 5.99. The number of fused-ring (bicyclic) bond motifs is 2. The fourth-order valence-corrected chi connectivity index (χ4v) is 4.15. The maximum Gasteiger partial charge on any atom is 0.305 e. The lowest BCUT2D eigenvalue weighted by molar-refractivity contribution is -0.142. The van der Waals surface area contributed by atoms with E-state index in [-0.39, 0.29) is 37.0 Å². The Labute approximate surface area is 237 Å². The van der Waals surface area contributed by atoms with Crippen LogP contribution in [-0.4, -0.2) is 89.7 Å². The minimum atomic E-state index is -1.42. The van der Waals surface area contributed by atoms with Crippen LogP contribution < -0.4 is 32.7 Å². The molecule has 1 aromatic carbocycles. The monoisotopic (exact) mass is 574 g/mol. The molecule has 2 bridgehead atoms. The summed E-state index contributed by atoms with van der Waals surface area (Å²) in [6.07, 6.45) is -0.265. The van der Waals surface area contributed by atoms with Gasteiger partial charge in [0.1, 0.15) is 18.1 Å². The lowest BCUT2D eigenvalue weighted by atomic mass is 10.00. The van der Waals surface area contributed by atoms with Gasteiger partial charge in [-0.2, -0.15) is 0 Å². The summed E-state index contributed by atoms with van der Waals surface area (Å²) in [4.78, 5) is 81.6. The van der Waals surface area contributed by atoms with Crippen LogP contribution in [0.1, 0.15) is 49.0 Å². The second-order valence-corrected chi connectivity index (χ2v) is 9.96. The lowest BCUT2D eigenvalue weighted by Crippen LogP contribution is -2.57. The first-order valence-electron chi connectivity index (χ1n) is 13.1. The second-order valence-electron chi connectivity index (χ2n) is 9.96. The van der Waals surface area contributed by atoms with Gasteiger partial charge in [-0.25, -0.2) is 0 Å². The molecule has 3 atom stereocenters. The zero-order chi connectivity index (χ0) is 30.7. The van der Waals surface area contributed by atoms with Crippen molar-refractivity contribution < 1.29 is 33.9 Å². The summed E-state index contributed by atoms with van der Waals surface area (Å²) in [5.41, 5.74) is 11.5. The average molecular weight is 575 g/mol. The molecule has 0 saturated carbocycles. The Hall–Kier alpha value is -4.69. The zero-order valence-electron chi connectivity index (χ0n) is 23.3. The maximum absolute atomic E-state index is 13.6. The number of likely N-dealkylation sites (N-methyl/N-ethyl adjacent to an activating group) is 1. The number of hydrogen-bond donors (Lipinski definition) is 7. The van der Waals surface area contributed by atoms with Crippen molar-refractivity contribution in [2.75, 3.05) is 20.1 Å². The summed E-state index contributed by atoms with van der Waals surface area (Å²) in [6, 6.07) is 2.84. The number of aliphatic imine (C=N–C) groups is 1. The predicted octanol–water partition coefficient (Wildman–Crippen LogP) is -1.97. The van der Waals surface area contributed by atoms with E-state index in [2.05, 4.69) is 26.3 Å². The van der Waals surface area contributed by atoms with Gasteiger partial charge < -0.3 is 42.7 Å². The predicted molar refractivity (Wildman–Crippen MR) is 148 cm³/mol. The van der Waals surface area contributed by atoms with E-state index in [1.165, 1.54) is 24.1 Å². The van der Waals surface area contributed by atoms with Gasteiger partial charge in [0.15, 0.2) is 5.96 Å². The molecule has 0 unspecified atom stereocenters. The molecule has 15 nitrogen and oxygen atoms in total. The first kappa shape index (κ1) is 32.5. The van der Waals surface area contributed by atoms with Gasteiger partial charge in [-0.1, -0.05) is 26.0 Å². The van der Waals surface area contributed by atoms with Gasteiger partial charge in [-0.05, 0) is 36.5 Å². The van der Waals surface area contributed by atoms with Crippen molar-refractivity contribution in [2.45, 2.75) is 57.8 Å². The first-order chi connectivity index (χ1) is 19.3. The molecular weight excluding hydrogens is 536 g/mol. The number of aliphatic carboxylic acids is 1. The maximum atomic E-state index is 13.6. The van der Waals surface area contributed by atoms with Crippen LogP contribution in [0, 0.1) is 5.92 Å². The summed E-state index contributed by atoms with van der Waals surface area (Å²) < 4.78 is 0.